The number of hydrogen-bond acceptors (Lipinski definition) is 3. The quantitative estimate of drug-likeness (QED) is 0.457. The highest BCUT2D eigenvalue weighted by Gasteiger charge is 2.09. The summed E-state index contributed by atoms with van der Waals surface area (Å²) in [7, 11) is 1.82. The summed E-state index contributed by atoms with van der Waals surface area (Å²) in [5, 5.41) is 6.75. The molecule has 0 aliphatic carbocycles. The zero-order valence-corrected chi connectivity index (χ0v) is 14.5. The standard InChI is InChI=1S/C18H30N4O/c1-16-6-5-7-17(14-16)15-21-18(19-2)20-8-3-4-9-22-10-12-23-13-11-22/h5-7,14H,3-4,8-13,15H2,1-2H3,(H2,19,20,21). The molecular weight excluding hydrogens is 288 g/mol. The molecule has 1 aromatic carbocycles. The zero-order chi connectivity index (χ0) is 16.3. The van der Waals surface area contributed by atoms with Gasteiger partial charge in [-0.15, -0.1) is 0 Å². The van der Waals surface area contributed by atoms with Crippen LogP contribution in [0.2, 0.25) is 0 Å². The Morgan fingerprint density at radius 3 is 2.78 bits per heavy atom. The van der Waals surface area contributed by atoms with Gasteiger partial charge in [-0.25, -0.2) is 0 Å². The van der Waals surface area contributed by atoms with Gasteiger partial charge in [-0.2, -0.15) is 0 Å². The molecule has 5 heteroatoms. The third-order valence-corrected chi connectivity index (χ3v) is 4.06. The van der Waals surface area contributed by atoms with E-state index in [1.165, 1.54) is 24.1 Å². The fourth-order valence-corrected chi connectivity index (χ4v) is 2.72. The molecule has 0 atom stereocenters. The van der Waals surface area contributed by atoms with Crippen LogP contribution in [0.1, 0.15) is 24.0 Å². The summed E-state index contributed by atoms with van der Waals surface area (Å²) < 4.78 is 5.37. The van der Waals surface area contributed by atoms with Crippen molar-refractivity contribution in [2.45, 2.75) is 26.3 Å². The Balaban J connectivity index is 1.57. The highest BCUT2D eigenvalue weighted by Crippen LogP contribution is 2.03. The maximum absolute atomic E-state index is 5.37. The summed E-state index contributed by atoms with van der Waals surface area (Å²) in [5.74, 6) is 0.873. The van der Waals surface area contributed by atoms with Crippen molar-refractivity contribution in [3.8, 4) is 0 Å². The molecule has 1 saturated heterocycles. The van der Waals surface area contributed by atoms with E-state index < -0.39 is 0 Å². The first-order valence-corrected chi connectivity index (χ1v) is 8.58. The van der Waals surface area contributed by atoms with E-state index in [2.05, 4.69) is 51.7 Å². The van der Waals surface area contributed by atoms with Crippen molar-refractivity contribution in [1.82, 2.24) is 15.5 Å². The molecule has 0 radical (unpaired) electrons. The van der Waals surface area contributed by atoms with Gasteiger partial charge in [-0.1, -0.05) is 29.8 Å². The van der Waals surface area contributed by atoms with Gasteiger partial charge in [0.1, 0.15) is 0 Å². The molecule has 0 unspecified atom stereocenters. The van der Waals surface area contributed by atoms with Crippen LogP contribution in [0, 0.1) is 6.92 Å². The van der Waals surface area contributed by atoms with Gasteiger partial charge in [0.2, 0.25) is 0 Å². The molecule has 0 spiro atoms. The number of nitrogens with zero attached hydrogens (tertiary/aromatic N) is 2. The fourth-order valence-electron chi connectivity index (χ4n) is 2.72. The molecule has 0 amide bonds. The Kier molecular flexibility index (Phi) is 7.90. The van der Waals surface area contributed by atoms with Crippen molar-refractivity contribution in [2.75, 3.05) is 46.4 Å². The van der Waals surface area contributed by atoms with Crippen LogP contribution in [0.15, 0.2) is 29.3 Å². The maximum Gasteiger partial charge on any atom is 0.191 e. The van der Waals surface area contributed by atoms with Crippen molar-refractivity contribution in [2.24, 2.45) is 4.99 Å². The van der Waals surface area contributed by atoms with Crippen LogP contribution in [0.4, 0.5) is 0 Å². The molecule has 2 rings (SSSR count). The van der Waals surface area contributed by atoms with Gasteiger partial charge in [0, 0.05) is 33.2 Å². The van der Waals surface area contributed by atoms with Crippen LogP contribution in [0.3, 0.4) is 0 Å². The van der Waals surface area contributed by atoms with Gasteiger partial charge >= 0.3 is 0 Å². The third-order valence-electron chi connectivity index (χ3n) is 4.06. The van der Waals surface area contributed by atoms with Gasteiger partial charge in [-0.05, 0) is 31.9 Å². The minimum atomic E-state index is 0.801. The summed E-state index contributed by atoms with van der Waals surface area (Å²) in [5.41, 5.74) is 2.57. The van der Waals surface area contributed by atoms with E-state index >= 15 is 0 Å². The molecule has 5 nitrogen and oxygen atoms in total. The summed E-state index contributed by atoms with van der Waals surface area (Å²) in [6, 6.07) is 8.54. The SMILES string of the molecule is CN=C(NCCCCN1CCOCC1)NCc1cccc(C)c1. The smallest absolute Gasteiger partial charge is 0.191 e. The number of morpholine rings is 1. The topological polar surface area (TPSA) is 48.9 Å². The normalized spacial score (nSPS) is 16.3. The van der Waals surface area contributed by atoms with E-state index in [1.54, 1.807) is 0 Å². The Morgan fingerprint density at radius 1 is 1.22 bits per heavy atom. The maximum atomic E-state index is 5.37. The lowest BCUT2D eigenvalue weighted by Gasteiger charge is -2.26. The summed E-state index contributed by atoms with van der Waals surface area (Å²) in [6.45, 7) is 8.96. The Labute approximate surface area is 140 Å². The average Bonchev–Trinajstić information content (AvgIpc) is 2.58. The van der Waals surface area contributed by atoms with Gasteiger partial charge in [0.15, 0.2) is 5.96 Å². The largest absolute Gasteiger partial charge is 0.379 e. The molecule has 1 aromatic rings. The van der Waals surface area contributed by atoms with Crippen LogP contribution >= 0.6 is 0 Å². The molecule has 23 heavy (non-hydrogen) atoms. The number of benzene rings is 1. The van der Waals surface area contributed by atoms with Crippen molar-refractivity contribution in [3.63, 3.8) is 0 Å². The number of unbranched alkanes of at least 4 members (excludes halogenated alkanes) is 1. The number of aryl methyl sites for hydroxylation is 1. The fraction of sp³-hybridized carbons (Fsp3) is 0.611. The van der Waals surface area contributed by atoms with E-state index in [9.17, 15) is 0 Å². The number of guanidine groups is 1. The van der Waals surface area contributed by atoms with E-state index in [4.69, 9.17) is 4.74 Å². The second-order valence-corrected chi connectivity index (χ2v) is 6.00. The van der Waals surface area contributed by atoms with Crippen molar-refractivity contribution >= 4 is 5.96 Å². The van der Waals surface area contributed by atoms with Crippen LogP contribution in [0.5, 0.6) is 0 Å². The van der Waals surface area contributed by atoms with Gasteiger partial charge in [-0.3, -0.25) is 9.89 Å². The predicted octanol–water partition coefficient (Wildman–Crippen LogP) is 1.77. The number of nitrogens with one attached hydrogen (secondary N) is 2. The highest BCUT2D eigenvalue weighted by atomic mass is 16.5. The monoisotopic (exact) mass is 318 g/mol. The number of aliphatic imine (C=N–C) groups is 1. The Bertz CT molecular complexity index is 484. The van der Waals surface area contributed by atoms with Crippen LogP contribution < -0.4 is 10.6 Å². The van der Waals surface area contributed by atoms with Crippen LogP contribution in [-0.2, 0) is 11.3 Å². The highest BCUT2D eigenvalue weighted by molar-refractivity contribution is 5.79. The summed E-state index contributed by atoms with van der Waals surface area (Å²) >= 11 is 0. The first-order chi connectivity index (χ1) is 11.3. The molecule has 128 valence electrons. The Hall–Kier alpha value is -1.59. The lowest BCUT2D eigenvalue weighted by Crippen LogP contribution is -2.38. The van der Waals surface area contributed by atoms with Crippen LogP contribution in [0.25, 0.3) is 0 Å². The zero-order valence-electron chi connectivity index (χ0n) is 14.5. The van der Waals surface area contributed by atoms with E-state index in [0.29, 0.717) is 0 Å². The lowest BCUT2D eigenvalue weighted by molar-refractivity contribution is 0.0372. The second kappa shape index (κ2) is 10.2. The molecule has 1 heterocycles. The van der Waals surface area contributed by atoms with Crippen LogP contribution in [-0.4, -0.2) is 57.3 Å². The van der Waals surface area contributed by atoms with E-state index in [-0.39, 0.29) is 0 Å². The average molecular weight is 318 g/mol. The first-order valence-electron chi connectivity index (χ1n) is 8.58. The molecule has 1 aliphatic rings. The number of rotatable bonds is 7. The van der Waals surface area contributed by atoms with Crippen molar-refractivity contribution < 1.29 is 4.74 Å². The minimum Gasteiger partial charge on any atom is -0.379 e. The molecular formula is C18H30N4O. The molecule has 0 saturated carbocycles. The molecule has 0 bridgehead atoms. The van der Waals surface area contributed by atoms with Crippen molar-refractivity contribution in [1.29, 1.82) is 0 Å². The van der Waals surface area contributed by atoms with Crippen molar-refractivity contribution in [3.05, 3.63) is 35.4 Å². The molecule has 2 N–H and O–H groups in total. The van der Waals surface area contributed by atoms with Gasteiger partial charge < -0.3 is 15.4 Å². The van der Waals surface area contributed by atoms with E-state index in [1.807, 2.05) is 7.05 Å². The number of hydrogen-bond donors (Lipinski definition) is 2. The second-order valence-electron chi connectivity index (χ2n) is 6.00. The summed E-state index contributed by atoms with van der Waals surface area (Å²) in [6.07, 6.45) is 2.37. The first kappa shape index (κ1) is 17.8. The lowest BCUT2D eigenvalue weighted by atomic mass is 10.1. The molecule has 1 aliphatic heterocycles. The molecule has 0 aromatic heterocycles. The molecule has 1 fully saturated rings. The minimum absolute atomic E-state index is 0.801. The van der Waals surface area contributed by atoms with Gasteiger partial charge in [0.05, 0.1) is 13.2 Å². The number of ether oxygens (including phenoxy) is 1. The summed E-state index contributed by atoms with van der Waals surface area (Å²) in [4.78, 5) is 6.76. The third kappa shape index (κ3) is 7.01. The van der Waals surface area contributed by atoms with Gasteiger partial charge in [0.25, 0.3) is 0 Å². The van der Waals surface area contributed by atoms with E-state index in [0.717, 1.165) is 51.8 Å². The predicted molar refractivity (Wildman–Crippen MR) is 95.9 cm³/mol. The Morgan fingerprint density at radius 2 is 2.04 bits per heavy atom.